The molecule has 2 rings (SSSR count). The quantitative estimate of drug-likeness (QED) is 0.836. The van der Waals surface area contributed by atoms with Crippen molar-refractivity contribution in [1.29, 1.82) is 0 Å². The highest BCUT2D eigenvalue weighted by molar-refractivity contribution is 6.30. The van der Waals surface area contributed by atoms with Gasteiger partial charge in [0.05, 0.1) is 0 Å². The maximum Gasteiger partial charge on any atom is 0.0426 e. The van der Waals surface area contributed by atoms with E-state index < -0.39 is 0 Å². The van der Waals surface area contributed by atoms with Crippen molar-refractivity contribution in [2.45, 2.75) is 33.2 Å². The molecule has 1 aliphatic rings. The molecule has 0 unspecified atom stereocenters. The minimum atomic E-state index is 0.121. The van der Waals surface area contributed by atoms with Gasteiger partial charge in [-0.05, 0) is 37.5 Å². The van der Waals surface area contributed by atoms with Crippen LogP contribution in [0.15, 0.2) is 24.3 Å². The zero-order valence-corrected chi connectivity index (χ0v) is 12.5. The van der Waals surface area contributed by atoms with Gasteiger partial charge in [0.2, 0.25) is 0 Å². The number of anilines is 1. The van der Waals surface area contributed by atoms with E-state index in [-0.39, 0.29) is 11.0 Å². The first kappa shape index (κ1) is 13.7. The number of halogens is 1. The first-order chi connectivity index (χ1) is 8.27. The SMILES string of the molecule is CC1(C)CNC(C)(C)CN(c2cccc(Cl)c2)C1. The molecule has 1 fully saturated rings. The average molecular weight is 267 g/mol. The van der Waals surface area contributed by atoms with Crippen molar-refractivity contribution in [2.24, 2.45) is 5.41 Å². The van der Waals surface area contributed by atoms with E-state index >= 15 is 0 Å². The highest BCUT2D eigenvalue weighted by Crippen LogP contribution is 2.28. The summed E-state index contributed by atoms with van der Waals surface area (Å²) in [5.41, 5.74) is 1.60. The van der Waals surface area contributed by atoms with Gasteiger partial charge in [-0.1, -0.05) is 31.5 Å². The molecule has 0 spiro atoms. The lowest BCUT2D eigenvalue weighted by Crippen LogP contribution is -2.46. The van der Waals surface area contributed by atoms with Crippen molar-refractivity contribution in [1.82, 2.24) is 5.32 Å². The van der Waals surface area contributed by atoms with E-state index in [0.717, 1.165) is 24.7 Å². The van der Waals surface area contributed by atoms with E-state index in [4.69, 9.17) is 11.6 Å². The summed E-state index contributed by atoms with van der Waals surface area (Å²) in [5, 5.41) is 4.46. The Morgan fingerprint density at radius 2 is 1.89 bits per heavy atom. The third-order valence-corrected chi connectivity index (χ3v) is 3.66. The number of nitrogens with one attached hydrogen (secondary N) is 1. The fraction of sp³-hybridized carbons (Fsp3) is 0.600. The van der Waals surface area contributed by atoms with Crippen molar-refractivity contribution in [3.8, 4) is 0 Å². The molecule has 1 aromatic carbocycles. The molecule has 2 nitrogen and oxygen atoms in total. The van der Waals surface area contributed by atoms with E-state index in [1.54, 1.807) is 0 Å². The van der Waals surface area contributed by atoms with Crippen LogP contribution >= 0.6 is 11.6 Å². The van der Waals surface area contributed by atoms with E-state index in [2.05, 4.69) is 50.0 Å². The molecular weight excluding hydrogens is 244 g/mol. The van der Waals surface area contributed by atoms with Crippen molar-refractivity contribution in [2.75, 3.05) is 24.5 Å². The van der Waals surface area contributed by atoms with E-state index in [1.165, 1.54) is 5.69 Å². The van der Waals surface area contributed by atoms with Crippen molar-refractivity contribution >= 4 is 17.3 Å². The van der Waals surface area contributed by atoms with Crippen LogP contribution in [0, 0.1) is 5.41 Å². The van der Waals surface area contributed by atoms with Crippen LogP contribution in [-0.2, 0) is 0 Å². The molecule has 0 aliphatic carbocycles. The number of benzene rings is 1. The smallest absolute Gasteiger partial charge is 0.0426 e. The first-order valence-corrected chi connectivity index (χ1v) is 6.91. The highest BCUT2D eigenvalue weighted by Gasteiger charge is 2.32. The standard InChI is InChI=1S/C15H23ClN2/c1-14(2)9-17-15(3,4)11-18(10-14)13-7-5-6-12(16)8-13/h5-8,17H,9-11H2,1-4H3. The van der Waals surface area contributed by atoms with Gasteiger partial charge in [0.25, 0.3) is 0 Å². The minimum absolute atomic E-state index is 0.121. The predicted molar refractivity (Wildman–Crippen MR) is 79.5 cm³/mol. The van der Waals surface area contributed by atoms with E-state index in [1.807, 2.05) is 12.1 Å². The van der Waals surface area contributed by atoms with Gasteiger partial charge >= 0.3 is 0 Å². The van der Waals surface area contributed by atoms with Crippen LogP contribution in [0.3, 0.4) is 0 Å². The molecule has 1 heterocycles. The largest absolute Gasteiger partial charge is 0.369 e. The number of rotatable bonds is 1. The van der Waals surface area contributed by atoms with Gasteiger partial charge in [-0.2, -0.15) is 0 Å². The van der Waals surface area contributed by atoms with Crippen molar-refractivity contribution in [3.05, 3.63) is 29.3 Å². The average Bonchev–Trinajstić information content (AvgIpc) is 2.36. The van der Waals surface area contributed by atoms with Gasteiger partial charge in [0.1, 0.15) is 0 Å². The lowest BCUT2D eigenvalue weighted by atomic mass is 9.93. The van der Waals surface area contributed by atoms with E-state index in [0.29, 0.717) is 0 Å². The van der Waals surface area contributed by atoms with Gasteiger partial charge < -0.3 is 10.2 Å². The Hall–Kier alpha value is -0.730. The second-order valence-corrected chi connectivity index (χ2v) is 7.17. The Bertz CT molecular complexity index is 408. The first-order valence-electron chi connectivity index (χ1n) is 6.53. The van der Waals surface area contributed by atoms with Gasteiger partial charge in [0, 0.05) is 35.9 Å². The van der Waals surface area contributed by atoms with Crippen LogP contribution in [0.1, 0.15) is 27.7 Å². The normalized spacial score (nSPS) is 22.6. The van der Waals surface area contributed by atoms with Crippen LogP contribution in [0.2, 0.25) is 5.02 Å². The number of hydrogen-bond acceptors (Lipinski definition) is 2. The van der Waals surface area contributed by atoms with Gasteiger partial charge in [-0.3, -0.25) is 0 Å². The van der Waals surface area contributed by atoms with Crippen LogP contribution in [-0.4, -0.2) is 25.2 Å². The Morgan fingerprint density at radius 3 is 2.56 bits per heavy atom. The molecule has 1 aromatic rings. The molecule has 1 saturated heterocycles. The molecule has 0 atom stereocenters. The maximum atomic E-state index is 6.10. The number of hydrogen-bond donors (Lipinski definition) is 1. The summed E-state index contributed by atoms with van der Waals surface area (Å²) in [6.07, 6.45) is 0. The summed E-state index contributed by atoms with van der Waals surface area (Å²) >= 11 is 6.10. The summed E-state index contributed by atoms with van der Waals surface area (Å²) in [6, 6.07) is 8.15. The van der Waals surface area contributed by atoms with Crippen LogP contribution in [0.4, 0.5) is 5.69 Å². The fourth-order valence-corrected chi connectivity index (χ4v) is 2.68. The molecule has 3 heteroatoms. The topological polar surface area (TPSA) is 15.3 Å². The zero-order valence-electron chi connectivity index (χ0n) is 11.8. The second-order valence-electron chi connectivity index (χ2n) is 6.74. The Kier molecular flexibility index (Phi) is 3.61. The van der Waals surface area contributed by atoms with Crippen molar-refractivity contribution in [3.63, 3.8) is 0 Å². The molecule has 0 saturated carbocycles. The third kappa shape index (κ3) is 3.39. The van der Waals surface area contributed by atoms with Crippen LogP contribution < -0.4 is 10.2 Å². The molecule has 100 valence electrons. The molecular formula is C15H23ClN2. The maximum absolute atomic E-state index is 6.10. The van der Waals surface area contributed by atoms with Crippen LogP contribution in [0.5, 0.6) is 0 Å². The molecule has 18 heavy (non-hydrogen) atoms. The predicted octanol–water partition coefficient (Wildman–Crippen LogP) is 3.55. The Balaban J connectivity index is 2.29. The summed E-state index contributed by atoms with van der Waals surface area (Å²) in [4.78, 5) is 2.44. The van der Waals surface area contributed by atoms with Gasteiger partial charge in [-0.25, -0.2) is 0 Å². The summed E-state index contributed by atoms with van der Waals surface area (Å²) in [7, 11) is 0. The lowest BCUT2D eigenvalue weighted by Gasteiger charge is -2.33. The molecule has 0 amide bonds. The molecule has 0 aromatic heterocycles. The highest BCUT2D eigenvalue weighted by atomic mass is 35.5. The van der Waals surface area contributed by atoms with Crippen molar-refractivity contribution < 1.29 is 0 Å². The molecule has 0 bridgehead atoms. The summed E-state index contributed by atoms with van der Waals surface area (Å²) < 4.78 is 0. The minimum Gasteiger partial charge on any atom is -0.369 e. The Labute approximate surface area is 115 Å². The van der Waals surface area contributed by atoms with Gasteiger partial charge in [-0.15, -0.1) is 0 Å². The van der Waals surface area contributed by atoms with Gasteiger partial charge in [0.15, 0.2) is 0 Å². The second kappa shape index (κ2) is 4.75. The fourth-order valence-electron chi connectivity index (χ4n) is 2.50. The summed E-state index contributed by atoms with van der Waals surface area (Å²) in [5.74, 6) is 0. The third-order valence-electron chi connectivity index (χ3n) is 3.42. The van der Waals surface area contributed by atoms with E-state index in [9.17, 15) is 0 Å². The monoisotopic (exact) mass is 266 g/mol. The Morgan fingerprint density at radius 1 is 1.17 bits per heavy atom. The number of nitrogens with zero attached hydrogens (tertiary/aromatic N) is 1. The lowest BCUT2D eigenvalue weighted by molar-refractivity contribution is 0.332. The van der Waals surface area contributed by atoms with Crippen LogP contribution in [0.25, 0.3) is 0 Å². The summed E-state index contributed by atoms with van der Waals surface area (Å²) in [6.45, 7) is 12.2. The molecule has 1 N–H and O–H groups in total. The molecule has 0 radical (unpaired) electrons. The molecule has 1 aliphatic heterocycles. The zero-order chi connectivity index (χ0) is 13.4.